The SMILES string of the molecule is COc1cccc(C(O)CN(C)C)c1F. The van der Waals surface area contributed by atoms with Crippen LogP contribution in [0.4, 0.5) is 4.39 Å². The Morgan fingerprint density at radius 2 is 2.13 bits per heavy atom. The summed E-state index contributed by atoms with van der Waals surface area (Å²) in [5.74, 6) is -0.334. The summed E-state index contributed by atoms with van der Waals surface area (Å²) in [6, 6.07) is 4.75. The van der Waals surface area contributed by atoms with Crippen molar-refractivity contribution in [2.45, 2.75) is 6.10 Å². The van der Waals surface area contributed by atoms with Crippen molar-refractivity contribution in [2.24, 2.45) is 0 Å². The van der Waals surface area contributed by atoms with Crippen LogP contribution in [0.3, 0.4) is 0 Å². The van der Waals surface area contributed by atoms with Crippen molar-refractivity contribution >= 4 is 0 Å². The van der Waals surface area contributed by atoms with Crippen LogP contribution in [-0.4, -0.2) is 37.8 Å². The van der Waals surface area contributed by atoms with Crippen LogP contribution in [0.2, 0.25) is 0 Å². The van der Waals surface area contributed by atoms with Gasteiger partial charge in [0.05, 0.1) is 13.2 Å². The topological polar surface area (TPSA) is 32.7 Å². The average Bonchev–Trinajstić information content (AvgIpc) is 2.17. The maximum absolute atomic E-state index is 13.7. The van der Waals surface area contributed by atoms with Gasteiger partial charge in [0, 0.05) is 12.1 Å². The van der Waals surface area contributed by atoms with Crippen molar-refractivity contribution in [3.63, 3.8) is 0 Å². The normalized spacial score (nSPS) is 12.9. The zero-order valence-corrected chi connectivity index (χ0v) is 9.20. The molecule has 15 heavy (non-hydrogen) atoms. The molecule has 0 radical (unpaired) electrons. The van der Waals surface area contributed by atoms with Crippen molar-refractivity contribution in [1.29, 1.82) is 0 Å². The van der Waals surface area contributed by atoms with E-state index in [9.17, 15) is 9.50 Å². The minimum absolute atomic E-state index is 0.158. The number of hydrogen-bond donors (Lipinski definition) is 1. The number of rotatable bonds is 4. The van der Waals surface area contributed by atoms with Gasteiger partial charge in [-0.05, 0) is 20.2 Å². The molecule has 0 aromatic heterocycles. The lowest BCUT2D eigenvalue weighted by molar-refractivity contribution is 0.134. The van der Waals surface area contributed by atoms with Gasteiger partial charge >= 0.3 is 0 Å². The third-order valence-corrected chi connectivity index (χ3v) is 2.11. The molecule has 0 aliphatic rings. The number of likely N-dealkylation sites (N-methyl/N-ethyl adjacent to an activating group) is 1. The molecule has 1 aromatic carbocycles. The van der Waals surface area contributed by atoms with E-state index in [2.05, 4.69) is 0 Å². The van der Waals surface area contributed by atoms with Crippen LogP contribution in [0, 0.1) is 5.82 Å². The molecule has 1 rings (SSSR count). The van der Waals surface area contributed by atoms with E-state index < -0.39 is 11.9 Å². The van der Waals surface area contributed by atoms with Gasteiger partial charge in [-0.15, -0.1) is 0 Å². The molecule has 0 bridgehead atoms. The summed E-state index contributed by atoms with van der Waals surface area (Å²) in [6.07, 6.45) is -0.838. The van der Waals surface area contributed by atoms with Crippen molar-refractivity contribution in [2.75, 3.05) is 27.7 Å². The number of hydrogen-bond acceptors (Lipinski definition) is 3. The van der Waals surface area contributed by atoms with Crippen LogP contribution >= 0.6 is 0 Å². The van der Waals surface area contributed by atoms with Crippen LogP contribution in [0.25, 0.3) is 0 Å². The third-order valence-electron chi connectivity index (χ3n) is 2.11. The number of ether oxygens (including phenoxy) is 1. The Kier molecular flexibility index (Phi) is 4.05. The van der Waals surface area contributed by atoms with Gasteiger partial charge in [0.15, 0.2) is 11.6 Å². The van der Waals surface area contributed by atoms with E-state index in [4.69, 9.17) is 4.74 Å². The Morgan fingerprint density at radius 3 is 2.67 bits per heavy atom. The van der Waals surface area contributed by atoms with Crippen molar-refractivity contribution < 1.29 is 14.2 Å². The lowest BCUT2D eigenvalue weighted by atomic mass is 10.1. The first-order valence-corrected chi connectivity index (χ1v) is 4.71. The highest BCUT2D eigenvalue weighted by atomic mass is 19.1. The number of aliphatic hydroxyl groups is 1. The Morgan fingerprint density at radius 1 is 1.47 bits per heavy atom. The number of nitrogens with zero attached hydrogens (tertiary/aromatic N) is 1. The maximum Gasteiger partial charge on any atom is 0.170 e. The number of halogens is 1. The molecule has 1 atom stereocenters. The van der Waals surface area contributed by atoms with Gasteiger partial charge in [0.25, 0.3) is 0 Å². The van der Waals surface area contributed by atoms with Crippen LogP contribution in [0.5, 0.6) is 5.75 Å². The molecule has 0 aliphatic heterocycles. The van der Waals surface area contributed by atoms with Gasteiger partial charge in [0.1, 0.15) is 0 Å². The molecule has 84 valence electrons. The number of aliphatic hydroxyl groups excluding tert-OH is 1. The summed E-state index contributed by atoms with van der Waals surface area (Å²) < 4.78 is 18.5. The van der Waals surface area contributed by atoms with E-state index in [1.54, 1.807) is 17.0 Å². The molecule has 4 heteroatoms. The smallest absolute Gasteiger partial charge is 0.170 e. The number of benzene rings is 1. The molecule has 3 nitrogen and oxygen atoms in total. The first-order chi connectivity index (χ1) is 7.06. The summed E-state index contributed by atoms with van der Waals surface area (Å²) in [6.45, 7) is 0.379. The average molecular weight is 213 g/mol. The molecule has 1 unspecified atom stereocenters. The van der Waals surface area contributed by atoms with Crippen LogP contribution in [0.1, 0.15) is 11.7 Å². The first kappa shape index (κ1) is 11.9. The molecule has 1 aromatic rings. The van der Waals surface area contributed by atoms with E-state index in [-0.39, 0.29) is 11.3 Å². The predicted octanol–water partition coefficient (Wildman–Crippen LogP) is 1.43. The summed E-state index contributed by atoms with van der Waals surface area (Å²) in [7, 11) is 5.04. The summed E-state index contributed by atoms with van der Waals surface area (Å²) in [5, 5.41) is 9.75. The van der Waals surface area contributed by atoms with Gasteiger partial charge in [-0.25, -0.2) is 4.39 Å². The van der Waals surface area contributed by atoms with Gasteiger partial charge < -0.3 is 14.7 Å². The fourth-order valence-electron chi connectivity index (χ4n) is 1.39. The molecule has 0 fully saturated rings. The molecule has 0 heterocycles. The molecule has 1 N–H and O–H groups in total. The molecule has 0 spiro atoms. The van der Waals surface area contributed by atoms with E-state index in [0.717, 1.165) is 0 Å². The van der Waals surface area contributed by atoms with Crippen LogP contribution < -0.4 is 4.74 Å². The molecular formula is C11H16FNO2. The lowest BCUT2D eigenvalue weighted by Gasteiger charge is -2.17. The highest BCUT2D eigenvalue weighted by molar-refractivity contribution is 5.32. The zero-order valence-electron chi connectivity index (χ0n) is 9.20. The van der Waals surface area contributed by atoms with E-state index >= 15 is 0 Å². The minimum Gasteiger partial charge on any atom is -0.494 e. The third kappa shape index (κ3) is 2.91. The van der Waals surface area contributed by atoms with Gasteiger partial charge in [-0.2, -0.15) is 0 Å². The highest BCUT2D eigenvalue weighted by Gasteiger charge is 2.16. The Hall–Kier alpha value is -1.13. The highest BCUT2D eigenvalue weighted by Crippen LogP contribution is 2.25. The van der Waals surface area contributed by atoms with E-state index in [1.165, 1.54) is 13.2 Å². The van der Waals surface area contributed by atoms with Crippen molar-refractivity contribution in [3.8, 4) is 5.75 Å². The van der Waals surface area contributed by atoms with E-state index in [1.807, 2.05) is 14.1 Å². The number of methoxy groups -OCH3 is 1. The zero-order chi connectivity index (χ0) is 11.4. The largest absolute Gasteiger partial charge is 0.494 e. The van der Waals surface area contributed by atoms with Gasteiger partial charge in [-0.1, -0.05) is 12.1 Å². The van der Waals surface area contributed by atoms with Crippen LogP contribution in [0.15, 0.2) is 18.2 Å². The monoisotopic (exact) mass is 213 g/mol. The fraction of sp³-hybridized carbons (Fsp3) is 0.455. The molecular weight excluding hydrogens is 197 g/mol. The quantitative estimate of drug-likeness (QED) is 0.821. The second-order valence-electron chi connectivity index (χ2n) is 3.64. The Labute approximate surface area is 89.1 Å². The first-order valence-electron chi connectivity index (χ1n) is 4.71. The summed E-state index contributed by atoms with van der Waals surface area (Å²) >= 11 is 0. The van der Waals surface area contributed by atoms with Crippen molar-refractivity contribution in [1.82, 2.24) is 4.90 Å². The van der Waals surface area contributed by atoms with Gasteiger partial charge in [-0.3, -0.25) is 0 Å². The van der Waals surface area contributed by atoms with Gasteiger partial charge in [0.2, 0.25) is 0 Å². The molecule has 0 aliphatic carbocycles. The van der Waals surface area contributed by atoms with Crippen molar-refractivity contribution in [3.05, 3.63) is 29.6 Å². The standard InChI is InChI=1S/C11H16FNO2/c1-13(2)7-9(14)8-5-4-6-10(15-3)11(8)12/h4-6,9,14H,7H2,1-3H3. The Bertz CT molecular complexity index is 328. The fourth-order valence-corrected chi connectivity index (χ4v) is 1.39. The lowest BCUT2D eigenvalue weighted by Crippen LogP contribution is -2.20. The minimum atomic E-state index is -0.838. The maximum atomic E-state index is 13.7. The van der Waals surface area contributed by atoms with E-state index in [0.29, 0.717) is 6.54 Å². The summed E-state index contributed by atoms with van der Waals surface area (Å²) in [4.78, 5) is 1.80. The predicted molar refractivity (Wildman–Crippen MR) is 56.5 cm³/mol. The Balaban J connectivity index is 2.93. The second kappa shape index (κ2) is 5.09. The molecule has 0 saturated carbocycles. The van der Waals surface area contributed by atoms with Crippen LogP contribution in [-0.2, 0) is 0 Å². The molecule has 0 amide bonds. The summed E-state index contributed by atoms with van der Waals surface area (Å²) in [5.41, 5.74) is 0.267. The molecule has 0 saturated heterocycles. The second-order valence-corrected chi connectivity index (χ2v) is 3.64.